The van der Waals surface area contributed by atoms with Gasteiger partial charge in [0.15, 0.2) is 5.69 Å². The molecule has 0 aliphatic heterocycles. The number of nitrogens with one attached hydrogen (secondary N) is 2. The molecule has 0 aliphatic rings. The number of anilines is 1. The number of aromatic nitrogens is 2. The number of methoxy groups -OCH3 is 1. The molecule has 0 radical (unpaired) electrons. The molecule has 0 spiro atoms. The molecule has 128 valence electrons. The van der Waals surface area contributed by atoms with Gasteiger partial charge in [-0.3, -0.25) is 4.79 Å². The first kappa shape index (κ1) is 16.7. The van der Waals surface area contributed by atoms with Crippen LogP contribution in [0.15, 0.2) is 41.2 Å². The summed E-state index contributed by atoms with van der Waals surface area (Å²) >= 11 is 5.90. The van der Waals surface area contributed by atoms with Gasteiger partial charge in [-0.2, -0.15) is 0 Å². The van der Waals surface area contributed by atoms with Crippen LogP contribution in [0.25, 0.3) is 10.8 Å². The van der Waals surface area contributed by atoms with Gasteiger partial charge in [0, 0.05) is 11.9 Å². The van der Waals surface area contributed by atoms with Crippen molar-refractivity contribution in [2.45, 2.75) is 6.54 Å². The highest BCUT2D eigenvalue weighted by molar-refractivity contribution is 6.33. The van der Waals surface area contributed by atoms with Crippen molar-refractivity contribution < 1.29 is 9.66 Å². The lowest BCUT2D eigenvalue weighted by atomic mass is 10.0. The number of fused-ring (bicyclic) bond motifs is 1. The summed E-state index contributed by atoms with van der Waals surface area (Å²) in [4.78, 5) is 22.0. The number of hydrogen-bond donors (Lipinski definition) is 2. The van der Waals surface area contributed by atoms with Gasteiger partial charge in [-0.1, -0.05) is 41.9 Å². The lowest BCUT2D eigenvalue weighted by Crippen LogP contribution is -2.15. The molecule has 1 heterocycles. The molecule has 0 fully saturated rings. The van der Waals surface area contributed by atoms with Crippen molar-refractivity contribution in [3.05, 3.63) is 67.5 Å². The van der Waals surface area contributed by atoms with Gasteiger partial charge < -0.3 is 20.2 Å². The summed E-state index contributed by atoms with van der Waals surface area (Å²) < 4.78 is 5.34. The standard InChI is InChI=1S/C16H13ClN4O4/c1-25-12-7-6-9(10-4-2-3-5-11(10)12)8-18-14-13(17)16(22)20-19-15(14)21(23)24/h2-7H,8H2,1H3,(H2,18,20,22). The molecule has 3 rings (SSSR count). The van der Waals surface area contributed by atoms with Crippen LogP contribution in [0.4, 0.5) is 11.5 Å². The van der Waals surface area contributed by atoms with Gasteiger partial charge >= 0.3 is 11.4 Å². The Morgan fingerprint density at radius 2 is 2.00 bits per heavy atom. The topological polar surface area (TPSA) is 110 Å². The van der Waals surface area contributed by atoms with E-state index in [0.717, 1.165) is 22.1 Å². The number of H-pyrrole nitrogens is 1. The Morgan fingerprint density at radius 3 is 2.68 bits per heavy atom. The van der Waals surface area contributed by atoms with Gasteiger partial charge in [0.1, 0.15) is 10.8 Å². The molecular weight excluding hydrogens is 348 g/mol. The average molecular weight is 361 g/mol. The average Bonchev–Trinajstić information content (AvgIpc) is 2.62. The van der Waals surface area contributed by atoms with Crippen molar-refractivity contribution in [1.82, 2.24) is 10.2 Å². The normalized spacial score (nSPS) is 10.6. The van der Waals surface area contributed by atoms with Crippen LogP contribution in [-0.4, -0.2) is 22.2 Å². The Balaban J connectivity index is 2.01. The molecule has 8 nitrogen and oxygen atoms in total. The van der Waals surface area contributed by atoms with Crippen LogP contribution >= 0.6 is 11.6 Å². The van der Waals surface area contributed by atoms with Crippen LogP contribution in [0.2, 0.25) is 5.02 Å². The van der Waals surface area contributed by atoms with Crippen molar-refractivity contribution >= 4 is 33.9 Å². The third kappa shape index (κ3) is 3.11. The molecule has 0 aliphatic carbocycles. The first-order valence-corrected chi connectivity index (χ1v) is 7.61. The maximum absolute atomic E-state index is 11.6. The Kier molecular flexibility index (Phi) is 4.53. The van der Waals surface area contributed by atoms with E-state index in [1.54, 1.807) is 7.11 Å². The SMILES string of the molecule is COc1ccc(CNc2c([N+](=O)[O-])n[nH]c(=O)c2Cl)c2ccccc12. The van der Waals surface area contributed by atoms with Gasteiger partial charge in [0.05, 0.1) is 12.2 Å². The maximum Gasteiger partial charge on any atom is 0.413 e. The zero-order valence-corrected chi connectivity index (χ0v) is 13.8. The van der Waals surface area contributed by atoms with Crippen molar-refractivity contribution in [3.63, 3.8) is 0 Å². The fourth-order valence-corrected chi connectivity index (χ4v) is 2.75. The minimum absolute atomic E-state index is 0.115. The van der Waals surface area contributed by atoms with Crippen LogP contribution in [0.3, 0.4) is 0 Å². The van der Waals surface area contributed by atoms with Crippen LogP contribution in [0.1, 0.15) is 5.56 Å². The maximum atomic E-state index is 11.6. The zero-order valence-electron chi connectivity index (χ0n) is 13.1. The number of halogens is 1. The molecule has 0 bridgehead atoms. The highest BCUT2D eigenvalue weighted by Gasteiger charge is 2.22. The van der Waals surface area contributed by atoms with E-state index in [9.17, 15) is 14.9 Å². The molecule has 25 heavy (non-hydrogen) atoms. The second-order valence-electron chi connectivity index (χ2n) is 5.15. The summed E-state index contributed by atoms with van der Waals surface area (Å²) in [6.45, 7) is 0.218. The largest absolute Gasteiger partial charge is 0.496 e. The van der Waals surface area contributed by atoms with Crippen LogP contribution < -0.4 is 15.6 Å². The number of ether oxygens (including phenoxy) is 1. The number of nitro groups is 1. The minimum Gasteiger partial charge on any atom is -0.496 e. The van der Waals surface area contributed by atoms with Crippen molar-refractivity contribution in [3.8, 4) is 5.75 Å². The fourth-order valence-electron chi connectivity index (χ4n) is 2.56. The third-order valence-corrected chi connectivity index (χ3v) is 4.09. The van der Waals surface area contributed by atoms with Crippen LogP contribution in [-0.2, 0) is 6.54 Å². The smallest absolute Gasteiger partial charge is 0.413 e. The van der Waals surface area contributed by atoms with Crippen molar-refractivity contribution in [2.75, 3.05) is 12.4 Å². The Hall–Kier alpha value is -3.13. The minimum atomic E-state index is -0.712. The van der Waals surface area contributed by atoms with Gasteiger partial charge in [0.25, 0.3) is 0 Å². The number of rotatable bonds is 5. The highest BCUT2D eigenvalue weighted by atomic mass is 35.5. The van der Waals surface area contributed by atoms with E-state index in [4.69, 9.17) is 16.3 Å². The lowest BCUT2D eigenvalue weighted by molar-refractivity contribution is -0.389. The molecule has 3 aromatic rings. The van der Waals surface area contributed by atoms with Crippen LogP contribution in [0, 0.1) is 10.1 Å². The Morgan fingerprint density at radius 1 is 1.28 bits per heavy atom. The highest BCUT2D eigenvalue weighted by Crippen LogP contribution is 2.31. The third-order valence-electron chi connectivity index (χ3n) is 3.73. The summed E-state index contributed by atoms with van der Waals surface area (Å²) in [7, 11) is 1.59. The van der Waals surface area contributed by atoms with E-state index >= 15 is 0 Å². The lowest BCUT2D eigenvalue weighted by Gasteiger charge is -2.12. The van der Waals surface area contributed by atoms with E-state index in [1.807, 2.05) is 41.5 Å². The molecule has 2 N–H and O–H groups in total. The van der Waals surface area contributed by atoms with E-state index in [0.29, 0.717) is 0 Å². The molecule has 0 saturated heterocycles. The monoisotopic (exact) mass is 360 g/mol. The molecule has 0 amide bonds. The molecular formula is C16H13ClN4O4. The quantitative estimate of drug-likeness (QED) is 0.534. The summed E-state index contributed by atoms with van der Waals surface area (Å²) in [5.41, 5.74) is 0.0479. The number of nitrogens with zero attached hydrogens (tertiary/aromatic N) is 2. The molecule has 0 saturated carbocycles. The molecule has 9 heteroatoms. The molecule has 2 aromatic carbocycles. The number of benzene rings is 2. The second kappa shape index (κ2) is 6.78. The first-order valence-electron chi connectivity index (χ1n) is 7.24. The van der Waals surface area contributed by atoms with Gasteiger partial charge in [-0.25, -0.2) is 0 Å². The molecule has 0 unspecified atom stereocenters. The number of hydrogen-bond acceptors (Lipinski definition) is 6. The second-order valence-corrected chi connectivity index (χ2v) is 5.53. The molecule has 1 aromatic heterocycles. The summed E-state index contributed by atoms with van der Waals surface area (Å²) in [6.07, 6.45) is 0. The molecule has 0 atom stereocenters. The Labute approximate surface area is 146 Å². The van der Waals surface area contributed by atoms with Gasteiger partial charge in [-0.05, 0) is 21.9 Å². The number of aromatic amines is 1. The van der Waals surface area contributed by atoms with Crippen molar-refractivity contribution in [2.24, 2.45) is 0 Å². The Bertz CT molecular complexity index is 1020. The summed E-state index contributed by atoms with van der Waals surface area (Å²) in [5, 5.41) is 20.9. The summed E-state index contributed by atoms with van der Waals surface area (Å²) in [6, 6.07) is 11.3. The van der Waals surface area contributed by atoms with E-state index in [1.165, 1.54) is 0 Å². The van der Waals surface area contributed by atoms with Crippen molar-refractivity contribution in [1.29, 1.82) is 0 Å². The zero-order chi connectivity index (χ0) is 18.0. The van der Waals surface area contributed by atoms with E-state index in [2.05, 4.69) is 10.4 Å². The van der Waals surface area contributed by atoms with Gasteiger partial charge in [0.2, 0.25) is 0 Å². The summed E-state index contributed by atoms with van der Waals surface area (Å²) in [5.74, 6) is 0.184. The predicted octanol–water partition coefficient (Wildman–Crippen LogP) is 3.11. The van der Waals surface area contributed by atoms with E-state index < -0.39 is 16.3 Å². The van der Waals surface area contributed by atoms with Gasteiger partial charge in [-0.15, -0.1) is 5.10 Å². The first-order chi connectivity index (χ1) is 12.0. The predicted molar refractivity (Wildman–Crippen MR) is 94.3 cm³/mol. The fraction of sp³-hybridized carbons (Fsp3) is 0.125. The van der Waals surface area contributed by atoms with E-state index in [-0.39, 0.29) is 17.3 Å². The van der Waals surface area contributed by atoms with Crippen LogP contribution in [0.5, 0.6) is 5.75 Å².